The Morgan fingerprint density at radius 2 is 2.26 bits per heavy atom. The van der Waals surface area contributed by atoms with Gasteiger partial charge in [0.05, 0.1) is 11.3 Å². The van der Waals surface area contributed by atoms with Crippen LogP contribution in [0.15, 0.2) is 6.20 Å². The van der Waals surface area contributed by atoms with Crippen molar-refractivity contribution in [3.05, 3.63) is 11.9 Å². The van der Waals surface area contributed by atoms with Crippen LogP contribution in [0.25, 0.3) is 11.2 Å². The first-order valence-corrected chi connectivity index (χ1v) is 7.68. The summed E-state index contributed by atoms with van der Waals surface area (Å²) in [4.78, 5) is 20.0. The summed E-state index contributed by atoms with van der Waals surface area (Å²) >= 11 is 0. The fourth-order valence-electron chi connectivity index (χ4n) is 2.35. The van der Waals surface area contributed by atoms with Crippen molar-refractivity contribution in [3.8, 4) is 0 Å². The van der Waals surface area contributed by atoms with E-state index in [1.165, 1.54) is 0 Å². The van der Waals surface area contributed by atoms with Crippen LogP contribution in [0, 0.1) is 0 Å². The molecule has 23 heavy (non-hydrogen) atoms. The molecule has 8 heteroatoms. The number of nitrogens with zero attached hydrogens (tertiary/aromatic N) is 4. The van der Waals surface area contributed by atoms with E-state index in [0.717, 1.165) is 25.0 Å². The molecule has 1 aliphatic carbocycles. The van der Waals surface area contributed by atoms with Gasteiger partial charge in [0, 0.05) is 25.8 Å². The largest absolute Gasteiger partial charge is 0.465 e. The molecule has 0 aromatic carbocycles. The molecule has 0 spiro atoms. The number of anilines is 1. The van der Waals surface area contributed by atoms with Crippen LogP contribution in [-0.4, -0.2) is 43.7 Å². The van der Waals surface area contributed by atoms with Gasteiger partial charge in [-0.1, -0.05) is 0 Å². The van der Waals surface area contributed by atoms with Gasteiger partial charge in [0.25, 0.3) is 0 Å². The molecule has 0 unspecified atom stereocenters. The number of aromatic nitrogens is 4. The highest BCUT2D eigenvalue weighted by atomic mass is 16.5. The second-order valence-corrected chi connectivity index (χ2v) is 6.46. The Hall–Kier alpha value is -2.22. The first-order valence-electron chi connectivity index (χ1n) is 7.68. The number of amides is 1. The molecule has 1 aliphatic rings. The summed E-state index contributed by atoms with van der Waals surface area (Å²) in [7, 11) is 1.67. The van der Waals surface area contributed by atoms with Crippen LogP contribution >= 0.6 is 0 Å². The average Bonchev–Trinajstić information content (AvgIpc) is 3.30. The molecule has 2 N–H and O–H groups in total. The van der Waals surface area contributed by atoms with Gasteiger partial charge in [0.15, 0.2) is 17.0 Å². The van der Waals surface area contributed by atoms with Crippen LogP contribution in [0.2, 0.25) is 0 Å². The third kappa shape index (κ3) is 3.42. The molecule has 0 radical (unpaired) electrons. The van der Waals surface area contributed by atoms with E-state index in [9.17, 15) is 4.79 Å². The third-order valence-corrected chi connectivity index (χ3v) is 4.16. The summed E-state index contributed by atoms with van der Waals surface area (Å²) in [5.41, 5.74) is 1.75. The van der Waals surface area contributed by atoms with Gasteiger partial charge in [-0.25, -0.2) is 19.4 Å². The van der Waals surface area contributed by atoms with Gasteiger partial charge < -0.3 is 9.84 Å². The van der Waals surface area contributed by atoms with Crippen molar-refractivity contribution in [1.82, 2.24) is 19.7 Å². The van der Waals surface area contributed by atoms with Crippen molar-refractivity contribution >= 4 is 23.1 Å². The van der Waals surface area contributed by atoms with Crippen LogP contribution in [0.1, 0.15) is 44.7 Å². The fraction of sp³-hybridized carbons (Fsp3) is 0.600. The van der Waals surface area contributed by atoms with Crippen LogP contribution in [0.4, 0.5) is 10.6 Å². The number of aryl methyl sites for hydroxylation is 1. The van der Waals surface area contributed by atoms with Crippen molar-refractivity contribution in [3.63, 3.8) is 0 Å². The number of nitrogens with one attached hydrogen (secondary N) is 1. The topological polar surface area (TPSA) is 102 Å². The molecule has 0 atom stereocenters. The molecule has 0 bridgehead atoms. The van der Waals surface area contributed by atoms with E-state index in [-0.39, 0.29) is 11.4 Å². The predicted molar refractivity (Wildman–Crippen MR) is 84.7 cm³/mol. The number of hydrogen-bond donors (Lipinski definition) is 2. The van der Waals surface area contributed by atoms with E-state index in [1.807, 2.05) is 13.8 Å². The molecule has 2 aromatic heterocycles. The Balaban J connectivity index is 1.96. The van der Waals surface area contributed by atoms with Crippen LogP contribution < -0.4 is 5.32 Å². The van der Waals surface area contributed by atoms with Crippen molar-refractivity contribution < 1.29 is 14.6 Å². The molecule has 2 aromatic rings. The zero-order chi connectivity index (χ0) is 16.6. The molecule has 1 saturated carbocycles. The Bertz CT molecular complexity index is 736. The standard InChI is InChI=1S/C15H21N5O3/c1-15(2,23-3)6-7-20-13-11(12(19-20)18-14(21)22)16-8-10(17-13)9-4-5-9/h8-9H,4-7H2,1-3H3,(H,18,19)(H,21,22). The number of methoxy groups -OCH3 is 1. The van der Waals surface area contributed by atoms with E-state index in [2.05, 4.69) is 20.4 Å². The third-order valence-electron chi connectivity index (χ3n) is 4.16. The number of ether oxygens (including phenoxy) is 1. The van der Waals surface area contributed by atoms with Gasteiger partial charge in [0.1, 0.15) is 0 Å². The molecule has 8 nitrogen and oxygen atoms in total. The fourth-order valence-corrected chi connectivity index (χ4v) is 2.35. The monoisotopic (exact) mass is 319 g/mol. The van der Waals surface area contributed by atoms with Crippen molar-refractivity contribution in [1.29, 1.82) is 0 Å². The van der Waals surface area contributed by atoms with Gasteiger partial charge in [-0.2, -0.15) is 5.10 Å². The quantitative estimate of drug-likeness (QED) is 0.848. The molecule has 2 heterocycles. The first-order chi connectivity index (χ1) is 10.9. The summed E-state index contributed by atoms with van der Waals surface area (Å²) in [6.45, 7) is 4.56. The Kier molecular flexibility index (Phi) is 3.93. The highest BCUT2D eigenvalue weighted by Gasteiger charge is 2.27. The number of hydrogen-bond acceptors (Lipinski definition) is 5. The molecule has 0 aliphatic heterocycles. The summed E-state index contributed by atoms with van der Waals surface area (Å²) in [6, 6.07) is 0. The SMILES string of the molecule is COC(C)(C)CCn1nc(NC(=O)O)c2ncc(C3CC3)nc21. The summed E-state index contributed by atoms with van der Waals surface area (Å²) < 4.78 is 7.14. The van der Waals surface area contributed by atoms with Crippen LogP contribution in [0.5, 0.6) is 0 Å². The summed E-state index contributed by atoms with van der Waals surface area (Å²) in [5.74, 6) is 0.694. The number of carboxylic acid groups (broad SMARTS) is 1. The summed E-state index contributed by atoms with van der Waals surface area (Å²) in [6.07, 6.45) is 3.54. The molecule has 3 rings (SSSR count). The second-order valence-electron chi connectivity index (χ2n) is 6.46. The minimum Gasteiger partial charge on any atom is -0.465 e. The van der Waals surface area contributed by atoms with E-state index >= 15 is 0 Å². The van der Waals surface area contributed by atoms with E-state index in [0.29, 0.717) is 23.6 Å². The molecule has 124 valence electrons. The van der Waals surface area contributed by atoms with Gasteiger partial charge >= 0.3 is 6.09 Å². The second kappa shape index (κ2) is 5.77. The van der Waals surface area contributed by atoms with Crippen LogP contribution in [0.3, 0.4) is 0 Å². The maximum Gasteiger partial charge on any atom is 0.410 e. The van der Waals surface area contributed by atoms with Crippen molar-refractivity contribution in [2.24, 2.45) is 0 Å². The number of fused-ring (bicyclic) bond motifs is 1. The lowest BCUT2D eigenvalue weighted by Gasteiger charge is -2.22. The Morgan fingerprint density at radius 1 is 1.52 bits per heavy atom. The average molecular weight is 319 g/mol. The predicted octanol–water partition coefficient (Wildman–Crippen LogP) is 2.61. The van der Waals surface area contributed by atoms with Crippen molar-refractivity contribution in [2.45, 2.75) is 51.2 Å². The van der Waals surface area contributed by atoms with Crippen LogP contribution in [-0.2, 0) is 11.3 Å². The highest BCUT2D eigenvalue weighted by Crippen LogP contribution is 2.39. The lowest BCUT2D eigenvalue weighted by molar-refractivity contribution is 0.0116. The molecular formula is C15H21N5O3. The van der Waals surface area contributed by atoms with E-state index in [4.69, 9.17) is 9.84 Å². The first kappa shape index (κ1) is 15.7. The highest BCUT2D eigenvalue weighted by molar-refractivity contribution is 5.93. The van der Waals surface area contributed by atoms with Gasteiger partial charge in [0.2, 0.25) is 0 Å². The normalized spacial score (nSPS) is 15.1. The smallest absolute Gasteiger partial charge is 0.410 e. The zero-order valence-electron chi connectivity index (χ0n) is 13.5. The van der Waals surface area contributed by atoms with Crippen molar-refractivity contribution in [2.75, 3.05) is 12.4 Å². The van der Waals surface area contributed by atoms with Gasteiger partial charge in [-0.05, 0) is 33.1 Å². The van der Waals surface area contributed by atoms with E-state index < -0.39 is 6.09 Å². The molecule has 1 amide bonds. The Labute approximate surface area is 133 Å². The minimum absolute atomic E-state index is 0.220. The van der Waals surface area contributed by atoms with E-state index in [1.54, 1.807) is 18.0 Å². The van der Waals surface area contributed by atoms with Gasteiger partial charge in [-0.15, -0.1) is 0 Å². The molecular weight excluding hydrogens is 298 g/mol. The zero-order valence-corrected chi connectivity index (χ0v) is 13.5. The lowest BCUT2D eigenvalue weighted by Crippen LogP contribution is -2.24. The number of carbonyl (C=O) groups is 1. The Morgan fingerprint density at radius 3 is 2.87 bits per heavy atom. The number of rotatable bonds is 6. The lowest BCUT2D eigenvalue weighted by atomic mass is 10.1. The molecule has 0 saturated heterocycles. The maximum absolute atomic E-state index is 10.9. The summed E-state index contributed by atoms with van der Waals surface area (Å²) in [5, 5.41) is 15.6. The minimum atomic E-state index is -1.16. The molecule has 1 fully saturated rings. The van der Waals surface area contributed by atoms with Gasteiger partial charge in [-0.3, -0.25) is 5.32 Å². The maximum atomic E-state index is 10.9.